The standard InChI is InChI=1S/C6H8N4O/c7-10-3-5-8-1-2-9(5)4-6(10)11/h1-4,8,11H,7H2. The highest BCUT2D eigenvalue weighted by Crippen LogP contribution is 2.16. The van der Waals surface area contributed by atoms with E-state index in [0.717, 1.165) is 10.8 Å². The lowest BCUT2D eigenvalue weighted by atomic mass is 10.5. The molecular formula is C6H8N4O. The number of aliphatic hydroxyl groups is 1. The molecule has 2 aliphatic heterocycles. The van der Waals surface area contributed by atoms with Crippen LogP contribution in [0, 0.1) is 0 Å². The Morgan fingerprint density at radius 3 is 3.09 bits per heavy atom. The largest absolute Gasteiger partial charge is 0.492 e. The van der Waals surface area contributed by atoms with Crippen LogP contribution in [-0.4, -0.2) is 15.0 Å². The molecule has 0 fully saturated rings. The molecule has 0 saturated carbocycles. The van der Waals surface area contributed by atoms with Crippen molar-refractivity contribution in [3.05, 3.63) is 36.5 Å². The predicted octanol–water partition coefficient (Wildman–Crippen LogP) is -0.292. The maximum absolute atomic E-state index is 9.14. The van der Waals surface area contributed by atoms with E-state index in [1.165, 1.54) is 6.20 Å². The van der Waals surface area contributed by atoms with Gasteiger partial charge in [0.1, 0.15) is 5.82 Å². The number of nitrogens with two attached hydrogens (primary N) is 1. The fourth-order valence-corrected chi connectivity index (χ4v) is 0.963. The first-order valence-corrected chi connectivity index (χ1v) is 3.15. The summed E-state index contributed by atoms with van der Waals surface area (Å²) in [7, 11) is 0. The highest BCUT2D eigenvalue weighted by Gasteiger charge is 2.17. The van der Waals surface area contributed by atoms with Crippen molar-refractivity contribution in [1.29, 1.82) is 0 Å². The number of nitrogens with zero attached hydrogens (tertiary/aromatic N) is 2. The monoisotopic (exact) mass is 152 g/mol. The first-order chi connectivity index (χ1) is 5.27. The fourth-order valence-electron chi connectivity index (χ4n) is 0.963. The zero-order valence-corrected chi connectivity index (χ0v) is 5.73. The van der Waals surface area contributed by atoms with Crippen LogP contribution in [0.25, 0.3) is 0 Å². The molecule has 2 rings (SSSR count). The molecule has 0 atom stereocenters. The number of fused-ring (bicyclic) bond motifs is 1. The Kier molecular flexibility index (Phi) is 1.07. The fraction of sp³-hybridized carbons (Fsp3) is 0. The molecule has 0 aliphatic carbocycles. The molecule has 0 radical (unpaired) electrons. The summed E-state index contributed by atoms with van der Waals surface area (Å²) in [6.45, 7) is 0. The molecule has 4 N–H and O–H groups in total. The topological polar surface area (TPSA) is 64.8 Å². The van der Waals surface area contributed by atoms with Crippen molar-refractivity contribution in [2.24, 2.45) is 5.84 Å². The van der Waals surface area contributed by atoms with Gasteiger partial charge in [0, 0.05) is 12.4 Å². The van der Waals surface area contributed by atoms with Crippen LogP contribution in [0.5, 0.6) is 0 Å². The van der Waals surface area contributed by atoms with Crippen molar-refractivity contribution in [1.82, 2.24) is 15.2 Å². The van der Waals surface area contributed by atoms with E-state index in [0.29, 0.717) is 0 Å². The van der Waals surface area contributed by atoms with E-state index in [1.54, 1.807) is 23.5 Å². The van der Waals surface area contributed by atoms with Crippen LogP contribution in [-0.2, 0) is 0 Å². The van der Waals surface area contributed by atoms with Gasteiger partial charge in [-0.25, -0.2) is 5.84 Å². The van der Waals surface area contributed by atoms with Crippen LogP contribution in [0.15, 0.2) is 36.5 Å². The van der Waals surface area contributed by atoms with Crippen molar-refractivity contribution in [2.75, 3.05) is 0 Å². The van der Waals surface area contributed by atoms with E-state index >= 15 is 0 Å². The number of hydrogen-bond donors (Lipinski definition) is 3. The minimum Gasteiger partial charge on any atom is -0.492 e. The molecule has 5 heteroatoms. The third kappa shape index (κ3) is 0.821. The summed E-state index contributed by atoms with van der Waals surface area (Å²) in [5, 5.41) is 13.2. The molecule has 0 aromatic heterocycles. The molecule has 2 heterocycles. The molecule has 0 amide bonds. The molecule has 58 valence electrons. The van der Waals surface area contributed by atoms with Crippen molar-refractivity contribution in [2.45, 2.75) is 0 Å². The number of nitrogens with one attached hydrogen (secondary N) is 1. The average Bonchev–Trinajstić information content (AvgIpc) is 2.36. The van der Waals surface area contributed by atoms with Crippen molar-refractivity contribution < 1.29 is 5.11 Å². The highest BCUT2D eigenvalue weighted by molar-refractivity contribution is 5.21. The Morgan fingerprint density at radius 2 is 2.27 bits per heavy atom. The third-order valence-corrected chi connectivity index (χ3v) is 1.52. The van der Waals surface area contributed by atoms with Crippen molar-refractivity contribution in [3.8, 4) is 0 Å². The van der Waals surface area contributed by atoms with Crippen LogP contribution in [0.1, 0.15) is 0 Å². The van der Waals surface area contributed by atoms with Crippen molar-refractivity contribution in [3.63, 3.8) is 0 Å². The van der Waals surface area contributed by atoms with Gasteiger partial charge in [0.15, 0.2) is 0 Å². The molecule has 11 heavy (non-hydrogen) atoms. The van der Waals surface area contributed by atoms with Gasteiger partial charge >= 0.3 is 0 Å². The number of aliphatic hydroxyl groups excluding tert-OH is 1. The minimum atomic E-state index is 0.0158. The van der Waals surface area contributed by atoms with E-state index in [1.807, 2.05) is 0 Å². The SMILES string of the molecule is NN1C=C2NC=CN2C=C1O. The Bertz CT molecular complexity index is 268. The minimum absolute atomic E-state index is 0.0158. The normalized spacial score (nSPS) is 20.8. The van der Waals surface area contributed by atoms with E-state index in [2.05, 4.69) is 5.32 Å². The molecule has 5 nitrogen and oxygen atoms in total. The summed E-state index contributed by atoms with van der Waals surface area (Å²) in [6, 6.07) is 0. The zero-order chi connectivity index (χ0) is 7.84. The Morgan fingerprint density at radius 1 is 1.45 bits per heavy atom. The van der Waals surface area contributed by atoms with Gasteiger partial charge in [0.2, 0.25) is 5.88 Å². The lowest BCUT2D eigenvalue weighted by molar-refractivity contribution is 0.234. The van der Waals surface area contributed by atoms with Crippen LogP contribution in [0.2, 0.25) is 0 Å². The summed E-state index contributed by atoms with van der Waals surface area (Å²) in [6.07, 6.45) is 6.66. The maximum Gasteiger partial charge on any atom is 0.222 e. The molecule has 2 aliphatic rings. The third-order valence-electron chi connectivity index (χ3n) is 1.52. The van der Waals surface area contributed by atoms with Gasteiger partial charge in [0.05, 0.1) is 12.4 Å². The average molecular weight is 152 g/mol. The summed E-state index contributed by atoms with van der Waals surface area (Å²) in [5.41, 5.74) is 0. The Balaban J connectivity index is 2.31. The maximum atomic E-state index is 9.14. The second-order valence-electron chi connectivity index (χ2n) is 2.28. The number of hydrazine groups is 1. The van der Waals surface area contributed by atoms with E-state index in [9.17, 15) is 0 Å². The quantitative estimate of drug-likeness (QED) is 0.416. The van der Waals surface area contributed by atoms with Crippen LogP contribution >= 0.6 is 0 Å². The molecule has 0 saturated heterocycles. The second kappa shape index (κ2) is 1.93. The first kappa shape index (κ1) is 6.11. The van der Waals surface area contributed by atoms with E-state index in [-0.39, 0.29) is 5.88 Å². The van der Waals surface area contributed by atoms with Gasteiger partial charge in [-0.1, -0.05) is 0 Å². The van der Waals surface area contributed by atoms with Gasteiger partial charge in [-0.2, -0.15) is 0 Å². The van der Waals surface area contributed by atoms with Crippen LogP contribution < -0.4 is 11.2 Å². The summed E-state index contributed by atoms with van der Waals surface area (Å²) in [4.78, 5) is 1.73. The summed E-state index contributed by atoms with van der Waals surface area (Å²) < 4.78 is 0. The molecule has 0 unspecified atom stereocenters. The van der Waals surface area contributed by atoms with Gasteiger partial charge in [-0.3, -0.25) is 5.01 Å². The number of rotatable bonds is 0. The highest BCUT2D eigenvalue weighted by atomic mass is 16.3. The summed E-state index contributed by atoms with van der Waals surface area (Å²) in [5.74, 6) is 6.22. The lowest BCUT2D eigenvalue weighted by Crippen LogP contribution is -2.32. The first-order valence-electron chi connectivity index (χ1n) is 3.15. The second-order valence-corrected chi connectivity index (χ2v) is 2.28. The smallest absolute Gasteiger partial charge is 0.222 e. The molecule has 0 aromatic carbocycles. The van der Waals surface area contributed by atoms with Crippen molar-refractivity contribution >= 4 is 0 Å². The molecule has 0 aromatic rings. The lowest BCUT2D eigenvalue weighted by Gasteiger charge is -2.23. The Labute approximate surface area is 63.7 Å². The van der Waals surface area contributed by atoms with Gasteiger partial charge < -0.3 is 15.3 Å². The van der Waals surface area contributed by atoms with E-state index in [4.69, 9.17) is 10.9 Å². The van der Waals surface area contributed by atoms with Crippen LogP contribution in [0.3, 0.4) is 0 Å². The van der Waals surface area contributed by atoms with Gasteiger partial charge in [0.25, 0.3) is 0 Å². The Hall–Kier alpha value is -1.62. The molecular weight excluding hydrogens is 144 g/mol. The van der Waals surface area contributed by atoms with Gasteiger partial charge in [-0.05, 0) is 0 Å². The van der Waals surface area contributed by atoms with Crippen LogP contribution in [0.4, 0.5) is 0 Å². The van der Waals surface area contributed by atoms with Gasteiger partial charge in [-0.15, -0.1) is 0 Å². The predicted molar refractivity (Wildman–Crippen MR) is 38.9 cm³/mol. The number of hydrogen-bond acceptors (Lipinski definition) is 5. The zero-order valence-electron chi connectivity index (χ0n) is 5.73. The summed E-state index contributed by atoms with van der Waals surface area (Å²) >= 11 is 0. The molecule has 0 spiro atoms. The van der Waals surface area contributed by atoms with E-state index < -0.39 is 0 Å². The molecule has 0 bridgehead atoms.